The quantitative estimate of drug-likeness (QED) is 0.660. The molecule has 4 nitrogen and oxygen atoms in total. The van der Waals surface area contributed by atoms with Crippen LogP contribution in [0.15, 0.2) is 78.9 Å². The number of rotatable bonds is 3. The SMILES string of the molecule is COc1ccc(C2OP3(c4ccccc4)(NC(=O)c4ccccc43)C2(C)C)cc1. The van der Waals surface area contributed by atoms with E-state index in [4.69, 9.17) is 9.26 Å². The van der Waals surface area contributed by atoms with Gasteiger partial charge in [-0.2, -0.15) is 0 Å². The van der Waals surface area contributed by atoms with E-state index in [1.807, 2.05) is 60.7 Å². The molecule has 0 saturated carbocycles. The van der Waals surface area contributed by atoms with Crippen molar-refractivity contribution in [1.82, 2.24) is 5.09 Å². The minimum atomic E-state index is -3.43. The predicted molar refractivity (Wildman–Crippen MR) is 117 cm³/mol. The molecule has 3 aromatic carbocycles. The third-order valence-corrected chi connectivity index (χ3v) is 12.9. The van der Waals surface area contributed by atoms with E-state index in [-0.39, 0.29) is 17.2 Å². The molecule has 2 aliphatic heterocycles. The summed E-state index contributed by atoms with van der Waals surface area (Å²) in [5.41, 5.74) is 1.80. The topological polar surface area (TPSA) is 47.6 Å². The van der Waals surface area contributed by atoms with Crippen LogP contribution >= 0.6 is 6.98 Å². The summed E-state index contributed by atoms with van der Waals surface area (Å²) in [5.74, 6) is 0.762. The summed E-state index contributed by atoms with van der Waals surface area (Å²) in [7, 11) is 1.66. The van der Waals surface area contributed by atoms with Gasteiger partial charge in [0.15, 0.2) is 0 Å². The van der Waals surface area contributed by atoms with Crippen molar-refractivity contribution in [3.8, 4) is 5.75 Å². The third kappa shape index (κ3) is 2.03. The van der Waals surface area contributed by atoms with Gasteiger partial charge in [0.2, 0.25) is 0 Å². The van der Waals surface area contributed by atoms with Crippen LogP contribution in [0.25, 0.3) is 0 Å². The van der Waals surface area contributed by atoms with E-state index in [1.54, 1.807) is 7.11 Å². The molecule has 0 aromatic heterocycles. The van der Waals surface area contributed by atoms with E-state index in [2.05, 4.69) is 37.1 Å². The fraction of sp³-hybridized carbons (Fsp3) is 0.208. The second-order valence-corrected chi connectivity index (χ2v) is 12.9. The van der Waals surface area contributed by atoms with Crippen LogP contribution in [-0.2, 0) is 4.52 Å². The molecule has 1 fully saturated rings. The number of ether oxygens (including phenoxy) is 1. The van der Waals surface area contributed by atoms with E-state index in [0.717, 1.165) is 27.5 Å². The summed E-state index contributed by atoms with van der Waals surface area (Å²) in [6, 6.07) is 26.1. The van der Waals surface area contributed by atoms with Gasteiger partial charge in [-0.15, -0.1) is 0 Å². The number of nitrogens with one attached hydrogen (secondary N) is 1. The zero-order valence-electron chi connectivity index (χ0n) is 16.8. The Morgan fingerprint density at radius 1 is 0.931 bits per heavy atom. The molecule has 29 heavy (non-hydrogen) atoms. The van der Waals surface area contributed by atoms with Crippen molar-refractivity contribution in [3.63, 3.8) is 0 Å². The first-order chi connectivity index (χ1) is 13.9. The molecule has 1 atom stereocenters. The first-order valence-corrected chi connectivity index (χ1v) is 11.9. The first kappa shape index (κ1) is 18.4. The van der Waals surface area contributed by atoms with Gasteiger partial charge >= 0.3 is 171 Å². The maximum atomic E-state index is 13.1. The molecule has 1 spiro atoms. The average molecular weight is 405 g/mol. The first-order valence-electron chi connectivity index (χ1n) is 9.77. The Labute approximate surface area is 170 Å². The molecular formula is C24H24NO3P. The fourth-order valence-corrected chi connectivity index (χ4v) is 11.3. The van der Waals surface area contributed by atoms with Gasteiger partial charge in [-0.1, -0.05) is 0 Å². The second-order valence-electron chi connectivity index (χ2n) is 8.24. The number of carbonyl (C=O) groups is 1. The van der Waals surface area contributed by atoms with Crippen LogP contribution in [0.1, 0.15) is 35.9 Å². The maximum absolute atomic E-state index is 13.1. The van der Waals surface area contributed by atoms with Crippen LogP contribution in [-0.4, -0.2) is 18.2 Å². The molecule has 1 N–H and O–H groups in total. The van der Waals surface area contributed by atoms with Crippen LogP contribution in [0.5, 0.6) is 5.75 Å². The summed E-state index contributed by atoms with van der Waals surface area (Å²) in [5, 5.41) is 5.16. The Morgan fingerprint density at radius 3 is 2.24 bits per heavy atom. The van der Waals surface area contributed by atoms with Gasteiger partial charge in [0, 0.05) is 0 Å². The number of fused-ring (bicyclic) bond motifs is 2. The normalized spacial score (nSPS) is 23.9. The molecule has 3 aromatic rings. The monoisotopic (exact) mass is 405 g/mol. The average Bonchev–Trinajstić information content (AvgIpc) is 3.05. The third-order valence-electron chi connectivity index (χ3n) is 6.65. The van der Waals surface area contributed by atoms with Crippen molar-refractivity contribution in [2.45, 2.75) is 25.1 Å². The van der Waals surface area contributed by atoms with Crippen molar-refractivity contribution in [2.75, 3.05) is 7.11 Å². The Kier molecular flexibility index (Phi) is 3.74. The molecule has 0 bridgehead atoms. The molecule has 0 aliphatic carbocycles. The van der Waals surface area contributed by atoms with Crippen LogP contribution in [0, 0.1) is 0 Å². The molecule has 5 heteroatoms. The molecule has 2 heterocycles. The zero-order chi connectivity index (χ0) is 20.3. The van der Waals surface area contributed by atoms with Crippen molar-refractivity contribution in [3.05, 3.63) is 90.0 Å². The number of hydrogen-bond acceptors (Lipinski definition) is 3. The van der Waals surface area contributed by atoms with E-state index in [1.165, 1.54) is 0 Å². The molecule has 1 saturated heterocycles. The Bertz CT molecular complexity index is 1110. The van der Waals surface area contributed by atoms with Crippen LogP contribution in [0.3, 0.4) is 0 Å². The molecule has 0 radical (unpaired) electrons. The Hall–Kier alpha value is -2.68. The molecule has 148 valence electrons. The van der Waals surface area contributed by atoms with Gasteiger partial charge in [0.1, 0.15) is 0 Å². The summed E-state index contributed by atoms with van der Waals surface area (Å²) >= 11 is 0. The predicted octanol–water partition coefficient (Wildman–Crippen LogP) is 4.32. The molecule has 1 amide bonds. The van der Waals surface area contributed by atoms with Gasteiger partial charge < -0.3 is 0 Å². The zero-order valence-corrected chi connectivity index (χ0v) is 17.6. The van der Waals surface area contributed by atoms with Crippen molar-refractivity contribution >= 4 is 23.5 Å². The van der Waals surface area contributed by atoms with Crippen LogP contribution in [0.2, 0.25) is 0 Å². The van der Waals surface area contributed by atoms with Gasteiger partial charge in [-0.3, -0.25) is 0 Å². The number of benzene rings is 3. The van der Waals surface area contributed by atoms with Gasteiger partial charge in [0.05, 0.1) is 0 Å². The van der Waals surface area contributed by atoms with Crippen LogP contribution < -0.4 is 20.4 Å². The molecule has 1 unspecified atom stereocenters. The molecular weight excluding hydrogens is 381 g/mol. The van der Waals surface area contributed by atoms with Crippen molar-refractivity contribution in [1.29, 1.82) is 0 Å². The molecule has 2 aliphatic rings. The summed E-state index contributed by atoms with van der Waals surface area (Å²) in [6.45, 7) is 1.01. The minimum absolute atomic E-state index is 0.0524. The van der Waals surface area contributed by atoms with Crippen molar-refractivity contribution < 1.29 is 14.1 Å². The van der Waals surface area contributed by atoms with E-state index < -0.39 is 6.98 Å². The molecule has 5 rings (SSSR count). The van der Waals surface area contributed by atoms with E-state index in [9.17, 15) is 4.79 Å². The fourth-order valence-electron chi connectivity index (χ4n) is 5.10. The number of methoxy groups -OCH3 is 1. The van der Waals surface area contributed by atoms with Crippen molar-refractivity contribution in [2.24, 2.45) is 0 Å². The Morgan fingerprint density at radius 2 is 1.59 bits per heavy atom. The Balaban J connectivity index is 1.74. The summed E-state index contributed by atoms with van der Waals surface area (Å²) in [6.07, 6.45) is -0.141. The van der Waals surface area contributed by atoms with E-state index >= 15 is 0 Å². The standard InChI is InChI=1S/C24H24NO3P/c1-24(2)22(17-13-15-18(27-3)16-14-17)28-29(24,19-9-5-4-6-10-19)21-12-8-7-11-20(21)23(26)25-29/h4-16,22H,1-3H3,(H,25,26). The van der Waals surface area contributed by atoms with Gasteiger partial charge in [0.25, 0.3) is 0 Å². The van der Waals surface area contributed by atoms with E-state index in [0.29, 0.717) is 0 Å². The van der Waals surface area contributed by atoms with Gasteiger partial charge in [-0.05, 0) is 0 Å². The second kappa shape index (κ2) is 5.91. The summed E-state index contributed by atoms with van der Waals surface area (Å²) < 4.78 is 12.3. The van der Waals surface area contributed by atoms with Crippen LogP contribution in [0.4, 0.5) is 0 Å². The number of hydrogen-bond donors (Lipinski definition) is 1. The van der Waals surface area contributed by atoms with Gasteiger partial charge in [-0.25, -0.2) is 0 Å². The number of amides is 1. The summed E-state index contributed by atoms with van der Waals surface area (Å²) in [4.78, 5) is 13.1. The number of carbonyl (C=O) groups excluding carboxylic acids is 1.